The number of rotatable bonds is 11. The van der Waals surface area contributed by atoms with Crippen LogP contribution in [0.5, 0.6) is 0 Å². The summed E-state index contributed by atoms with van der Waals surface area (Å²) in [5, 5.41) is 0. The second kappa shape index (κ2) is 15.5. The van der Waals surface area contributed by atoms with Crippen LogP contribution in [-0.2, 0) is 11.3 Å². The van der Waals surface area contributed by atoms with Crippen molar-refractivity contribution in [2.75, 3.05) is 6.61 Å². The van der Waals surface area contributed by atoms with Gasteiger partial charge in [0, 0.05) is 25.2 Å². The van der Waals surface area contributed by atoms with Gasteiger partial charge in [-0.15, -0.1) is 0 Å². The van der Waals surface area contributed by atoms with Crippen molar-refractivity contribution in [2.45, 2.75) is 205 Å². The van der Waals surface area contributed by atoms with E-state index >= 15 is 0 Å². The summed E-state index contributed by atoms with van der Waals surface area (Å²) in [6.07, 6.45) is 28.8. The summed E-state index contributed by atoms with van der Waals surface area (Å²) in [5.74, 6) is 9.27. The number of benzene rings is 1. The summed E-state index contributed by atoms with van der Waals surface area (Å²) in [4.78, 5) is 3.26. The standard InChI is InChI=1S/C48H79NOSi/c1-33-27-28-43-42(31-33)44-45(49(43)32-35-20-10-9-19-34(35)2)38-23-13-16-26-41(38)47(44)51(6,30-18-8-7-17-29-50-48(3,4)5)46-39-24-14-11-21-36(39)37-22-12-15-25-40(37)46/h9-10,19-20,33,36-47H,7-8,11-18,21-32H2,1-6H3. The second-order valence-corrected chi connectivity index (χ2v) is 26.2. The Morgan fingerprint density at radius 2 is 1.27 bits per heavy atom. The minimum Gasteiger partial charge on any atom is -0.376 e. The lowest BCUT2D eigenvalue weighted by Gasteiger charge is -2.52. The van der Waals surface area contributed by atoms with Crippen LogP contribution in [-0.4, -0.2) is 37.3 Å². The summed E-state index contributed by atoms with van der Waals surface area (Å²) in [6.45, 7) is 17.0. The highest BCUT2D eigenvalue weighted by molar-refractivity contribution is 6.81. The van der Waals surface area contributed by atoms with Crippen molar-refractivity contribution in [1.29, 1.82) is 0 Å². The van der Waals surface area contributed by atoms with Crippen LogP contribution in [0.4, 0.5) is 0 Å². The van der Waals surface area contributed by atoms with Crippen molar-refractivity contribution >= 4 is 8.07 Å². The van der Waals surface area contributed by atoms with Gasteiger partial charge in [0.15, 0.2) is 0 Å². The van der Waals surface area contributed by atoms with Crippen LogP contribution < -0.4 is 0 Å². The lowest BCUT2D eigenvalue weighted by atomic mass is 9.73. The molecular formula is C48H79NOSi. The van der Waals surface area contributed by atoms with E-state index in [0.29, 0.717) is 0 Å². The van der Waals surface area contributed by atoms with E-state index in [1.54, 1.807) is 75.8 Å². The van der Waals surface area contributed by atoms with Gasteiger partial charge in [-0.05, 0) is 148 Å². The van der Waals surface area contributed by atoms with E-state index in [9.17, 15) is 0 Å². The molecule has 2 nitrogen and oxygen atoms in total. The number of likely N-dealkylation sites (tertiary alicyclic amines) is 1. The third-order valence-corrected chi connectivity index (χ3v) is 23.7. The summed E-state index contributed by atoms with van der Waals surface area (Å²) >= 11 is 0. The van der Waals surface area contributed by atoms with E-state index in [1.807, 2.05) is 0 Å². The molecule has 0 spiro atoms. The fraction of sp³-hybridized carbons (Fsp3) is 0.875. The molecule has 6 saturated carbocycles. The summed E-state index contributed by atoms with van der Waals surface area (Å²) in [6, 6.07) is 12.9. The topological polar surface area (TPSA) is 12.5 Å². The second-order valence-electron chi connectivity index (χ2n) is 21.3. The Morgan fingerprint density at radius 3 is 1.92 bits per heavy atom. The van der Waals surface area contributed by atoms with Gasteiger partial charge in [-0.3, -0.25) is 4.90 Å². The number of fused-ring (bicyclic) bond motifs is 8. The molecule has 286 valence electrons. The first kappa shape index (κ1) is 37.3. The molecular weight excluding hydrogens is 635 g/mol. The maximum Gasteiger partial charge on any atom is 0.0598 e. The molecule has 1 aromatic rings. The number of aryl methyl sites for hydroxylation is 1. The summed E-state index contributed by atoms with van der Waals surface area (Å²) in [7, 11) is -1.68. The lowest BCUT2D eigenvalue weighted by Crippen LogP contribution is -2.51. The van der Waals surface area contributed by atoms with Crippen molar-refractivity contribution in [3.05, 3.63) is 35.4 Å². The summed E-state index contributed by atoms with van der Waals surface area (Å²) in [5.41, 5.74) is 5.38. The Kier molecular flexibility index (Phi) is 11.3. The van der Waals surface area contributed by atoms with E-state index in [2.05, 4.69) is 70.3 Å². The maximum absolute atomic E-state index is 6.19. The Labute approximate surface area is 316 Å². The Morgan fingerprint density at radius 1 is 0.686 bits per heavy atom. The predicted molar refractivity (Wildman–Crippen MR) is 219 cm³/mol. The van der Waals surface area contributed by atoms with Crippen LogP contribution >= 0.6 is 0 Å². The smallest absolute Gasteiger partial charge is 0.0598 e. The average Bonchev–Trinajstić information content (AvgIpc) is 3.74. The molecule has 0 amide bonds. The number of ether oxygens (including phenoxy) is 1. The summed E-state index contributed by atoms with van der Waals surface area (Å²) < 4.78 is 6.19. The van der Waals surface area contributed by atoms with Crippen LogP contribution in [0.1, 0.15) is 161 Å². The molecule has 6 aliphatic carbocycles. The van der Waals surface area contributed by atoms with Crippen LogP contribution in [0, 0.1) is 60.2 Å². The van der Waals surface area contributed by atoms with Gasteiger partial charge >= 0.3 is 0 Å². The van der Waals surface area contributed by atoms with Crippen LogP contribution in [0.3, 0.4) is 0 Å². The minimum absolute atomic E-state index is 0.000563. The normalized spacial score (nSPS) is 42.0. The largest absolute Gasteiger partial charge is 0.376 e. The van der Waals surface area contributed by atoms with E-state index in [1.165, 1.54) is 69.9 Å². The van der Waals surface area contributed by atoms with Gasteiger partial charge in [-0.25, -0.2) is 0 Å². The van der Waals surface area contributed by atoms with Crippen molar-refractivity contribution < 1.29 is 4.74 Å². The Hall–Kier alpha value is -0.643. The molecule has 0 N–H and O–H groups in total. The highest BCUT2D eigenvalue weighted by Gasteiger charge is 2.69. The first-order valence-electron chi connectivity index (χ1n) is 23.1. The molecule has 0 aromatic heterocycles. The van der Waals surface area contributed by atoms with Gasteiger partial charge in [0.1, 0.15) is 0 Å². The Balaban J connectivity index is 1.16. The minimum atomic E-state index is -1.68. The third kappa shape index (κ3) is 7.16. The number of unbranched alkanes of at least 4 members (excludes halogenated alkanes) is 3. The molecule has 7 fully saturated rings. The average molecular weight is 714 g/mol. The molecule has 1 saturated heterocycles. The Bertz CT molecular complexity index is 1280. The van der Waals surface area contributed by atoms with E-state index < -0.39 is 8.07 Å². The number of nitrogens with zero attached hydrogens (tertiary/aromatic N) is 1. The van der Waals surface area contributed by atoms with Gasteiger partial charge in [-0.1, -0.05) is 121 Å². The molecule has 0 radical (unpaired) electrons. The first-order valence-corrected chi connectivity index (χ1v) is 26.0. The quantitative estimate of drug-likeness (QED) is 0.167. The molecule has 7 aliphatic rings. The van der Waals surface area contributed by atoms with Gasteiger partial charge in [0.25, 0.3) is 0 Å². The van der Waals surface area contributed by atoms with E-state index in [-0.39, 0.29) is 5.60 Å². The molecule has 13 atom stereocenters. The molecule has 8 rings (SSSR count). The van der Waals surface area contributed by atoms with Gasteiger partial charge in [0.05, 0.1) is 13.7 Å². The van der Waals surface area contributed by atoms with Gasteiger partial charge in [0.2, 0.25) is 0 Å². The third-order valence-electron chi connectivity index (χ3n) is 17.5. The maximum atomic E-state index is 6.19. The number of hydrogen-bond acceptors (Lipinski definition) is 2. The zero-order valence-electron chi connectivity index (χ0n) is 34.2. The molecule has 0 bridgehead atoms. The van der Waals surface area contributed by atoms with E-state index in [0.717, 1.165) is 83.0 Å². The number of hydrogen-bond donors (Lipinski definition) is 0. The molecule has 13 unspecified atom stereocenters. The molecule has 1 aromatic carbocycles. The fourth-order valence-corrected chi connectivity index (χ4v) is 23.6. The van der Waals surface area contributed by atoms with Gasteiger partial charge < -0.3 is 4.74 Å². The van der Waals surface area contributed by atoms with Crippen molar-refractivity contribution in [3.8, 4) is 0 Å². The zero-order chi connectivity index (χ0) is 35.3. The highest BCUT2D eigenvalue weighted by atomic mass is 28.3. The van der Waals surface area contributed by atoms with Crippen molar-refractivity contribution in [1.82, 2.24) is 4.90 Å². The zero-order valence-corrected chi connectivity index (χ0v) is 35.2. The van der Waals surface area contributed by atoms with Crippen LogP contribution in [0.15, 0.2) is 24.3 Å². The molecule has 1 aliphatic heterocycles. The predicted octanol–water partition coefficient (Wildman–Crippen LogP) is 13.2. The van der Waals surface area contributed by atoms with Crippen molar-refractivity contribution in [2.24, 2.45) is 53.3 Å². The fourth-order valence-electron chi connectivity index (χ4n) is 15.9. The van der Waals surface area contributed by atoms with Gasteiger partial charge in [-0.2, -0.15) is 0 Å². The highest BCUT2D eigenvalue weighted by Crippen LogP contribution is 2.72. The monoisotopic (exact) mass is 714 g/mol. The lowest BCUT2D eigenvalue weighted by molar-refractivity contribution is -0.00471. The molecule has 3 heteroatoms. The van der Waals surface area contributed by atoms with Crippen LogP contribution in [0.2, 0.25) is 23.7 Å². The first-order chi connectivity index (χ1) is 24.7. The van der Waals surface area contributed by atoms with E-state index in [4.69, 9.17) is 4.74 Å². The SMILES string of the molecule is Cc1ccccc1CN1C2CCC(C)CC2C2C1C1CCCCC1C2[Si](C)(CCCCCCOC(C)(C)C)C1C2CCCCC2C2CCCCC21. The van der Waals surface area contributed by atoms with Crippen molar-refractivity contribution in [3.63, 3.8) is 0 Å². The molecule has 1 heterocycles. The molecule has 51 heavy (non-hydrogen) atoms. The van der Waals surface area contributed by atoms with Crippen LogP contribution in [0.25, 0.3) is 0 Å².